The van der Waals surface area contributed by atoms with Crippen LogP contribution in [0.15, 0.2) is 11.1 Å². The summed E-state index contributed by atoms with van der Waals surface area (Å²) in [7, 11) is 0.561. The molecule has 0 radical (unpaired) electrons. The number of sulfonamides is 1. The summed E-state index contributed by atoms with van der Waals surface area (Å²) < 4.78 is 26.5. The number of rotatable bonds is 3. The van der Waals surface area contributed by atoms with Gasteiger partial charge in [0.1, 0.15) is 4.90 Å². The summed E-state index contributed by atoms with van der Waals surface area (Å²) in [6.07, 6.45) is 1.39. The summed E-state index contributed by atoms with van der Waals surface area (Å²) in [6, 6.07) is 0.270. The molecule has 1 aromatic heterocycles. The van der Waals surface area contributed by atoms with E-state index in [1.165, 1.54) is 6.20 Å². The van der Waals surface area contributed by atoms with Gasteiger partial charge in [-0.05, 0) is 26.9 Å². The SMILES string of the molecule is Cc1[nH]ncc1S(=O)(=O)N1CC(C)C(N(C)C)C1. The number of nitrogens with zero attached hydrogens (tertiary/aromatic N) is 3. The van der Waals surface area contributed by atoms with Gasteiger partial charge in [-0.3, -0.25) is 5.10 Å². The first-order valence-corrected chi connectivity index (χ1v) is 7.44. The van der Waals surface area contributed by atoms with E-state index in [4.69, 9.17) is 0 Å². The summed E-state index contributed by atoms with van der Waals surface area (Å²) in [5, 5.41) is 6.47. The minimum absolute atomic E-state index is 0.270. The Bertz CT molecular complexity index is 523. The van der Waals surface area contributed by atoms with Crippen LogP contribution < -0.4 is 0 Å². The van der Waals surface area contributed by atoms with Crippen LogP contribution in [0.3, 0.4) is 0 Å². The molecule has 1 aliphatic rings. The Morgan fingerprint density at radius 2 is 2.11 bits per heavy atom. The van der Waals surface area contributed by atoms with Gasteiger partial charge in [-0.1, -0.05) is 6.92 Å². The van der Waals surface area contributed by atoms with Crippen molar-refractivity contribution in [1.29, 1.82) is 0 Å². The molecule has 1 fully saturated rings. The van der Waals surface area contributed by atoms with Crippen molar-refractivity contribution < 1.29 is 8.42 Å². The van der Waals surface area contributed by atoms with Crippen LogP contribution in [0.2, 0.25) is 0 Å². The van der Waals surface area contributed by atoms with Crippen LogP contribution in [-0.2, 0) is 10.0 Å². The normalized spacial score (nSPS) is 26.1. The van der Waals surface area contributed by atoms with Gasteiger partial charge in [0.25, 0.3) is 0 Å². The summed E-state index contributed by atoms with van der Waals surface area (Å²) in [5.41, 5.74) is 0.593. The molecule has 0 saturated carbocycles. The average molecular weight is 272 g/mol. The molecule has 1 saturated heterocycles. The fraction of sp³-hybridized carbons (Fsp3) is 0.727. The molecule has 6 nitrogen and oxygen atoms in total. The number of hydrogen-bond acceptors (Lipinski definition) is 4. The van der Waals surface area contributed by atoms with Crippen molar-refractivity contribution in [1.82, 2.24) is 19.4 Å². The second-order valence-corrected chi connectivity index (χ2v) is 7.10. The fourth-order valence-electron chi connectivity index (χ4n) is 2.51. The first kappa shape index (κ1) is 13.5. The van der Waals surface area contributed by atoms with Crippen molar-refractivity contribution >= 4 is 10.0 Å². The van der Waals surface area contributed by atoms with Crippen LogP contribution >= 0.6 is 0 Å². The molecule has 2 unspecified atom stereocenters. The smallest absolute Gasteiger partial charge is 0.246 e. The number of likely N-dealkylation sites (N-methyl/N-ethyl adjacent to an activating group) is 1. The van der Waals surface area contributed by atoms with E-state index in [0.29, 0.717) is 24.7 Å². The molecule has 2 atom stereocenters. The second-order valence-electron chi connectivity index (χ2n) is 5.19. The maximum atomic E-state index is 12.5. The van der Waals surface area contributed by atoms with Gasteiger partial charge in [0.05, 0.1) is 11.9 Å². The molecule has 0 spiro atoms. The quantitative estimate of drug-likeness (QED) is 0.858. The molecule has 1 aliphatic heterocycles. The highest BCUT2D eigenvalue weighted by atomic mass is 32.2. The Morgan fingerprint density at radius 1 is 1.44 bits per heavy atom. The lowest BCUT2D eigenvalue weighted by molar-refractivity contribution is 0.263. The van der Waals surface area contributed by atoms with Gasteiger partial charge in [0, 0.05) is 19.1 Å². The van der Waals surface area contributed by atoms with Crippen LogP contribution in [0, 0.1) is 12.8 Å². The molecule has 1 aromatic rings. The Morgan fingerprint density at radius 3 is 2.56 bits per heavy atom. The zero-order valence-electron chi connectivity index (χ0n) is 11.2. The van der Waals surface area contributed by atoms with E-state index in [9.17, 15) is 8.42 Å². The molecule has 18 heavy (non-hydrogen) atoms. The number of H-pyrrole nitrogens is 1. The lowest BCUT2D eigenvalue weighted by Gasteiger charge is -2.22. The standard InChI is InChI=1S/C11H20N4O2S/c1-8-6-15(7-10(8)14(3)4)18(16,17)11-5-12-13-9(11)2/h5,8,10H,6-7H2,1-4H3,(H,12,13). The number of aryl methyl sites for hydroxylation is 1. The lowest BCUT2D eigenvalue weighted by Crippen LogP contribution is -2.35. The molecule has 102 valence electrons. The van der Waals surface area contributed by atoms with Crippen LogP contribution in [0.25, 0.3) is 0 Å². The van der Waals surface area contributed by atoms with Gasteiger partial charge in [-0.2, -0.15) is 9.40 Å². The van der Waals surface area contributed by atoms with Gasteiger partial charge in [0.2, 0.25) is 10.0 Å². The van der Waals surface area contributed by atoms with Crippen LogP contribution in [0.5, 0.6) is 0 Å². The zero-order chi connectivity index (χ0) is 13.5. The van der Waals surface area contributed by atoms with Gasteiger partial charge < -0.3 is 4.90 Å². The number of aromatic nitrogens is 2. The van der Waals surface area contributed by atoms with Gasteiger partial charge in [-0.25, -0.2) is 8.42 Å². The van der Waals surface area contributed by atoms with Crippen LogP contribution in [-0.4, -0.2) is 61.0 Å². The minimum Gasteiger partial charge on any atom is -0.305 e. The second kappa shape index (κ2) is 4.64. The molecule has 7 heteroatoms. The number of aromatic amines is 1. The van der Waals surface area contributed by atoms with E-state index >= 15 is 0 Å². The molecule has 0 aromatic carbocycles. The maximum Gasteiger partial charge on any atom is 0.246 e. The molecule has 0 amide bonds. The summed E-state index contributed by atoms with van der Waals surface area (Å²) in [5.74, 6) is 0.335. The number of nitrogens with one attached hydrogen (secondary N) is 1. The minimum atomic E-state index is -3.41. The Labute approximate surface area is 108 Å². The molecule has 0 bridgehead atoms. The van der Waals surface area contributed by atoms with Crippen molar-refractivity contribution in [2.24, 2.45) is 5.92 Å². The highest BCUT2D eigenvalue weighted by Crippen LogP contribution is 2.27. The van der Waals surface area contributed by atoms with Crippen molar-refractivity contribution in [2.75, 3.05) is 27.2 Å². The monoisotopic (exact) mass is 272 g/mol. The van der Waals surface area contributed by atoms with E-state index in [2.05, 4.69) is 22.0 Å². The maximum absolute atomic E-state index is 12.5. The third kappa shape index (κ3) is 2.17. The zero-order valence-corrected chi connectivity index (χ0v) is 12.0. The van der Waals surface area contributed by atoms with E-state index in [0.717, 1.165) is 0 Å². The number of hydrogen-bond donors (Lipinski definition) is 1. The Balaban J connectivity index is 2.26. The highest BCUT2D eigenvalue weighted by Gasteiger charge is 2.38. The summed E-state index contributed by atoms with van der Waals surface area (Å²) in [6.45, 7) is 4.92. The predicted octanol–water partition coefficient (Wildman–Crippen LogP) is 0.289. The van der Waals surface area contributed by atoms with Gasteiger partial charge in [-0.15, -0.1) is 0 Å². The molecule has 2 heterocycles. The molecule has 0 aliphatic carbocycles. The third-order valence-corrected chi connectivity index (χ3v) is 5.55. The molecular formula is C11H20N4O2S. The first-order chi connectivity index (χ1) is 8.34. The van der Waals surface area contributed by atoms with Crippen molar-refractivity contribution in [2.45, 2.75) is 24.8 Å². The Kier molecular flexibility index (Phi) is 3.48. The van der Waals surface area contributed by atoms with E-state index < -0.39 is 10.0 Å². The van der Waals surface area contributed by atoms with E-state index in [1.54, 1.807) is 11.2 Å². The topological polar surface area (TPSA) is 69.3 Å². The molecular weight excluding hydrogens is 252 g/mol. The first-order valence-electron chi connectivity index (χ1n) is 6.00. The van der Waals surface area contributed by atoms with Crippen molar-refractivity contribution in [3.8, 4) is 0 Å². The summed E-state index contributed by atoms with van der Waals surface area (Å²) in [4.78, 5) is 2.37. The van der Waals surface area contributed by atoms with Crippen molar-refractivity contribution in [3.05, 3.63) is 11.9 Å². The predicted molar refractivity (Wildman–Crippen MR) is 68.7 cm³/mol. The van der Waals surface area contributed by atoms with E-state index in [-0.39, 0.29) is 10.9 Å². The highest BCUT2D eigenvalue weighted by molar-refractivity contribution is 7.89. The average Bonchev–Trinajstić information content (AvgIpc) is 2.84. The largest absolute Gasteiger partial charge is 0.305 e. The van der Waals surface area contributed by atoms with Crippen LogP contribution in [0.1, 0.15) is 12.6 Å². The van der Waals surface area contributed by atoms with Crippen LogP contribution in [0.4, 0.5) is 0 Å². The third-order valence-electron chi connectivity index (χ3n) is 3.60. The Hall–Kier alpha value is -0.920. The van der Waals surface area contributed by atoms with Gasteiger partial charge >= 0.3 is 0 Å². The van der Waals surface area contributed by atoms with E-state index in [1.807, 2.05) is 14.1 Å². The lowest BCUT2D eigenvalue weighted by atomic mass is 10.1. The fourth-order valence-corrected chi connectivity index (χ4v) is 4.19. The van der Waals surface area contributed by atoms with Crippen molar-refractivity contribution in [3.63, 3.8) is 0 Å². The summed E-state index contributed by atoms with van der Waals surface area (Å²) >= 11 is 0. The molecule has 2 rings (SSSR count). The van der Waals surface area contributed by atoms with Gasteiger partial charge in [0.15, 0.2) is 0 Å². The molecule has 1 N–H and O–H groups in total.